The Balaban J connectivity index is 1.54. The molecule has 352 valence electrons. The van der Waals surface area contributed by atoms with Gasteiger partial charge in [-0.1, -0.05) is 48.5 Å². The summed E-state index contributed by atoms with van der Waals surface area (Å²) < 4.78 is 0. The number of phenolic OH excluding ortho intramolecular Hbond substituents is 12. The molecule has 16 nitrogen and oxygen atoms in total. The molecule has 8 bridgehead atoms. The molecule has 0 unspecified atom stereocenters. The lowest BCUT2D eigenvalue weighted by Crippen LogP contribution is -2.13. The Morgan fingerprint density at radius 3 is 0.486 bits per heavy atom. The highest BCUT2D eigenvalue weighted by Gasteiger charge is 2.39. The van der Waals surface area contributed by atoms with Crippen LogP contribution in [0.15, 0.2) is 121 Å². The molecule has 9 rings (SSSR count). The Hall–Kier alpha value is -10.7. The third-order valence-corrected chi connectivity index (χ3v) is 13.2. The SMILES string of the molecule is N#Cc1ccc(C2c3cc(c(O)c(O)c3O)C(c3ccc(C#N)cc3)c3cc(c(O)c(O)c3O)C(c3ccc(C#N)cc3)c3cc(c(O)c(O)c3O)C(c3ccc(C#N)cc3)c3cc2c(O)c(O)c3O)cc1. The van der Waals surface area contributed by atoms with Crippen LogP contribution in [-0.2, 0) is 0 Å². The minimum absolute atomic E-state index is 0.155. The van der Waals surface area contributed by atoms with Crippen molar-refractivity contribution in [1.82, 2.24) is 0 Å². The molecule has 0 heterocycles. The van der Waals surface area contributed by atoms with E-state index in [4.69, 9.17) is 0 Å². The number of nitriles is 4. The first-order chi connectivity index (χ1) is 34.5. The van der Waals surface area contributed by atoms with Gasteiger partial charge in [0.15, 0.2) is 46.0 Å². The van der Waals surface area contributed by atoms with Crippen LogP contribution in [0.3, 0.4) is 0 Å². The zero-order valence-electron chi connectivity index (χ0n) is 37.0. The summed E-state index contributed by atoms with van der Waals surface area (Å²) in [6.45, 7) is 0. The minimum atomic E-state index is -1.56. The molecule has 16 heteroatoms. The van der Waals surface area contributed by atoms with Crippen molar-refractivity contribution in [1.29, 1.82) is 21.0 Å². The van der Waals surface area contributed by atoms with Crippen molar-refractivity contribution in [3.05, 3.63) is 210 Å². The second-order valence-corrected chi connectivity index (χ2v) is 17.1. The second-order valence-electron chi connectivity index (χ2n) is 17.1. The predicted octanol–water partition coefficient (Wildman–Crippen LogP) is 8.67. The maximum absolute atomic E-state index is 12.0. The number of rotatable bonds is 4. The van der Waals surface area contributed by atoms with Crippen molar-refractivity contribution in [2.75, 3.05) is 0 Å². The number of benzene rings is 8. The zero-order valence-corrected chi connectivity index (χ0v) is 37.0. The molecule has 0 atom stereocenters. The van der Waals surface area contributed by atoms with E-state index >= 15 is 0 Å². The molecule has 8 aromatic rings. The van der Waals surface area contributed by atoms with Crippen molar-refractivity contribution in [3.8, 4) is 93.3 Å². The summed E-state index contributed by atoms with van der Waals surface area (Å²) in [7, 11) is 0. The molecule has 12 N–H and O–H groups in total. The maximum Gasteiger partial charge on any atom is 0.200 e. The van der Waals surface area contributed by atoms with Crippen LogP contribution < -0.4 is 0 Å². The number of hydrogen-bond acceptors (Lipinski definition) is 16. The number of aromatic hydroxyl groups is 12. The largest absolute Gasteiger partial charge is 0.504 e. The molecular weight excluding hydrogens is 921 g/mol. The smallest absolute Gasteiger partial charge is 0.200 e. The molecule has 8 aromatic carbocycles. The Labute approximate surface area is 408 Å². The van der Waals surface area contributed by atoms with Gasteiger partial charge < -0.3 is 61.3 Å². The van der Waals surface area contributed by atoms with Crippen molar-refractivity contribution in [2.24, 2.45) is 0 Å². The number of phenols is 12. The fraction of sp³-hybridized carbons (Fsp3) is 0.0714. The first kappa shape index (κ1) is 46.4. The van der Waals surface area contributed by atoms with Gasteiger partial charge in [-0.3, -0.25) is 0 Å². The molecule has 0 radical (unpaired) electrons. The fourth-order valence-electron chi connectivity index (χ4n) is 9.63. The molecular formula is C56H36N4O12. The maximum atomic E-state index is 12.0. The topological polar surface area (TPSA) is 338 Å². The summed E-state index contributed by atoms with van der Waals surface area (Å²) in [6.07, 6.45) is 0. The third-order valence-electron chi connectivity index (χ3n) is 13.2. The van der Waals surface area contributed by atoms with E-state index in [2.05, 4.69) is 0 Å². The van der Waals surface area contributed by atoms with E-state index in [1.165, 1.54) is 121 Å². The van der Waals surface area contributed by atoms with Crippen LogP contribution in [0.1, 0.15) is 113 Å². The van der Waals surface area contributed by atoms with Crippen LogP contribution in [0.5, 0.6) is 69.0 Å². The summed E-state index contributed by atoms with van der Waals surface area (Å²) in [5.74, 6) is -18.6. The van der Waals surface area contributed by atoms with E-state index in [0.717, 1.165) is 0 Å². The van der Waals surface area contributed by atoms with Gasteiger partial charge in [-0.15, -0.1) is 0 Å². The normalized spacial score (nSPS) is 15.8. The van der Waals surface area contributed by atoms with Crippen molar-refractivity contribution < 1.29 is 61.3 Å². The average Bonchev–Trinajstić information content (AvgIpc) is 3.40. The predicted molar refractivity (Wildman–Crippen MR) is 254 cm³/mol. The van der Waals surface area contributed by atoms with Gasteiger partial charge in [-0.05, 0) is 95.1 Å². The van der Waals surface area contributed by atoms with Gasteiger partial charge in [0.25, 0.3) is 0 Å². The molecule has 0 aliphatic heterocycles. The molecule has 0 saturated heterocycles. The Morgan fingerprint density at radius 1 is 0.222 bits per heavy atom. The summed E-state index contributed by atoms with van der Waals surface area (Å²) >= 11 is 0. The number of fused-ring (bicyclic) bond motifs is 8. The summed E-state index contributed by atoms with van der Waals surface area (Å²) in [6, 6.07) is 35.4. The molecule has 0 amide bonds. The molecule has 0 spiro atoms. The fourth-order valence-corrected chi connectivity index (χ4v) is 9.63. The molecule has 1 aliphatic rings. The zero-order chi connectivity index (χ0) is 51.4. The van der Waals surface area contributed by atoms with Gasteiger partial charge in [0.2, 0.25) is 23.0 Å². The first-order valence-corrected chi connectivity index (χ1v) is 21.6. The lowest BCUT2D eigenvalue weighted by atomic mass is 9.74. The van der Waals surface area contributed by atoms with E-state index in [1.54, 1.807) is 0 Å². The Kier molecular flexibility index (Phi) is 11.5. The lowest BCUT2D eigenvalue weighted by molar-refractivity contribution is 0.353. The number of hydrogen-bond donors (Lipinski definition) is 12. The van der Waals surface area contributed by atoms with Crippen molar-refractivity contribution >= 4 is 0 Å². The molecule has 0 saturated carbocycles. The second kappa shape index (κ2) is 17.8. The molecule has 0 aromatic heterocycles. The first-order valence-electron chi connectivity index (χ1n) is 21.6. The lowest BCUT2D eigenvalue weighted by Gasteiger charge is -2.30. The number of nitrogens with zero attached hydrogens (tertiary/aromatic N) is 4. The van der Waals surface area contributed by atoms with E-state index in [-0.39, 0.29) is 89.0 Å². The van der Waals surface area contributed by atoms with Gasteiger partial charge in [0.05, 0.1) is 46.5 Å². The molecule has 1 aliphatic carbocycles. The third kappa shape index (κ3) is 7.38. The van der Waals surface area contributed by atoms with E-state index < -0.39 is 92.7 Å². The van der Waals surface area contributed by atoms with E-state index in [0.29, 0.717) is 0 Å². The van der Waals surface area contributed by atoms with Crippen molar-refractivity contribution in [2.45, 2.75) is 23.7 Å². The highest BCUT2D eigenvalue weighted by molar-refractivity contribution is 5.74. The van der Waals surface area contributed by atoms with Gasteiger partial charge in [0.1, 0.15) is 0 Å². The summed E-state index contributed by atoms with van der Waals surface area (Å²) in [5, 5.41) is 182. The quantitative estimate of drug-likeness (QED) is 0.0734. The highest BCUT2D eigenvalue weighted by Crippen LogP contribution is 2.60. The van der Waals surface area contributed by atoms with Crippen LogP contribution in [0, 0.1) is 45.3 Å². The van der Waals surface area contributed by atoms with E-state index in [1.807, 2.05) is 24.3 Å². The van der Waals surface area contributed by atoms with Gasteiger partial charge >= 0.3 is 0 Å². The monoisotopic (exact) mass is 956 g/mol. The van der Waals surface area contributed by atoms with Crippen molar-refractivity contribution in [3.63, 3.8) is 0 Å². The van der Waals surface area contributed by atoms with Crippen LogP contribution in [0.4, 0.5) is 0 Å². The van der Waals surface area contributed by atoms with E-state index in [9.17, 15) is 82.3 Å². The van der Waals surface area contributed by atoms with Crippen LogP contribution in [0.2, 0.25) is 0 Å². The Bertz CT molecular complexity index is 3110. The van der Waals surface area contributed by atoms with Crippen LogP contribution in [0.25, 0.3) is 0 Å². The Morgan fingerprint density at radius 2 is 0.361 bits per heavy atom. The molecule has 0 fully saturated rings. The summed E-state index contributed by atoms with van der Waals surface area (Å²) in [5.41, 5.74) is -1.24. The van der Waals surface area contributed by atoms with Crippen LogP contribution in [-0.4, -0.2) is 61.3 Å². The average molecular weight is 957 g/mol. The highest BCUT2D eigenvalue weighted by atomic mass is 16.3. The molecule has 72 heavy (non-hydrogen) atoms. The van der Waals surface area contributed by atoms with Gasteiger partial charge in [-0.2, -0.15) is 21.0 Å². The van der Waals surface area contributed by atoms with Gasteiger partial charge in [0, 0.05) is 68.2 Å². The van der Waals surface area contributed by atoms with Crippen LogP contribution >= 0.6 is 0 Å². The standard InChI is InChI=1S/C56H36N4O12/c57-21-25-1-9-29(10-2-25)41-33-17-35(47(63)53(69)45(33)61)42(30-11-3-26(22-58)4-12-30)37-19-39(51(67)55(71)49(37)65)44(32-15-7-28(24-60)8-16-32)40-20-38(50(66)56(72)52(40)68)43(31-13-5-27(23-59)6-14-31)36-18-34(41)46(62)54(70)48(36)64/h1-20,41-44,61-72H. The minimum Gasteiger partial charge on any atom is -0.504 e. The summed E-state index contributed by atoms with van der Waals surface area (Å²) in [4.78, 5) is 0. The van der Waals surface area contributed by atoms with Gasteiger partial charge in [-0.25, -0.2) is 0 Å².